The molecule has 0 saturated carbocycles. The van der Waals surface area contributed by atoms with Crippen molar-refractivity contribution in [1.82, 2.24) is 0 Å². The molecule has 0 N–H and O–H groups in total. The van der Waals surface area contributed by atoms with Crippen LogP contribution >= 0.6 is 0 Å². The van der Waals surface area contributed by atoms with Gasteiger partial charge in [-0.15, -0.1) is 18.9 Å². The molecule has 4 aromatic rings. The summed E-state index contributed by atoms with van der Waals surface area (Å²) in [5, 5.41) is 0. The molecule has 0 aliphatic heterocycles. The smallest absolute Gasteiger partial charge is 0.0253 e. The molecule has 180 valence electrons. The molecule has 2 aliphatic carbocycles. The summed E-state index contributed by atoms with van der Waals surface area (Å²) < 4.78 is 1.42. The molecule has 0 spiro atoms. The quantitative estimate of drug-likeness (QED) is 0.278. The molecule has 36 heavy (non-hydrogen) atoms. The first-order chi connectivity index (χ1) is 16.6. The molecule has 3 heteroatoms. The Bertz CT molecular complexity index is 1240. The minimum absolute atomic E-state index is 0. The summed E-state index contributed by atoms with van der Waals surface area (Å²) in [6.07, 6.45) is 7.27. The summed E-state index contributed by atoms with van der Waals surface area (Å²) in [6.45, 7) is 4.27. The number of rotatable bonds is 2. The van der Waals surface area contributed by atoms with Crippen molar-refractivity contribution >= 4 is 3.21 Å². The molecule has 0 heterocycles. The van der Waals surface area contributed by atoms with Gasteiger partial charge in [-0.2, -0.15) is 35.4 Å². The summed E-state index contributed by atoms with van der Waals surface area (Å²) in [7, 11) is 0. The summed E-state index contributed by atoms with van der Waals surface area (Å²) >= 11 is 1.46. The molecule has 0 bridgehead atoms. The Morgan fingerprint density at radius 2 is 1.25 bits per heavy atom. The van der Waals surface area contributed by atoms with Crippen molar-refractivity contribution in [3.63, 3.8) is 0 Å². The van der Waals surface area contributed by atoms with Crippen molar-refractivity contribution in [3.05, 3.63) is 155 Å². The van der Waals surface area contributed by atoms with Gasteiger partial charge in [-0.1, -0.05) is 42.3 Å². The van der Waals surface area contributed by atoms with E-state index >= 15 is 0 Å². The zero-order chi connectivity index (χ0) is 23.8. The first kappa shape index (κ1) is 29.9. The van der Waals surface area contributed by atoms with Gasteiger partial charge in [-0.25, -0.2) is 11.6 Å². The Morgan fingerprint density at radius 3 is 1.78 bits per heavy atom. The normalized spacial score (nSPS) is 12.0. The minimum atomic E-state index is 0. The minimum Gasteiger partial charge on any atom is -0.179 e. The van der Waals surface area contributed by atoms with Gasteiger partial charge in [0.2, 0.25) is 0 Å². The molecule has 0 aromatic heterocycles. The number of halogens is 2. The Kier molecular flexibility index (Phi) is 12.5. The van der Waals surface area contributed by atoms with Crippen LogP contribution < -0.4 is 24.8 Å². The van der Waals surface area contributed by atoms with E-state index in [1.165, 1.54) is 72.0 Å². The molecule has 0 saturated heterocycles. The largest absolute Gasteiger partial charge is 0.179 e. The maximum absolute atomic E-state index is 3.30. The first-order valence-electron chi connectivity index (χ1n) is 11.6. The first-order valence-corrected chi connectivity index (χ1v) is 12.9. The Balaban J connectivity index is 0.000000194. The van der Waals surface area contributed by atoms with Crippen LogP contribution in [-0.2, 0) is 30.7 Å². The fraction of sp³-hybridized carbons (Fsp3) is 0.121. The van der Waals surface area contributed by atoms with Crippen LogP contribution in [-0.4, -0.2) is 3.21 Å². The number of fused-ring (bicyclic) bond motifs is 3. The monoisotopic (exact) mass is 584 g/mol. The van der Waals surface area contributed by atoms with Gasteiger partial charge in [0, 0.05) is 0 Å². The van der Waals surface area contributed by atoms with E-state index in [9.17, 15) is 0 Å². The maximum Gasteiger partial charge on any atom is -0.0253 e. The fourth-order valence-corrected chi connectivity index (χ4v) is 4.81. The predicted octanol–water partition coefficient (Wildman–Crippen LogP) is 1.95. The standard InChI is InChI=1S/C13H9.C13H10.C7H9.2ClH.Zr/c1-3-7-12-10(5-1)9-11-6-2-4-8-13(11)12;1-3-7-12(8-4-1)11-13-9-5-2-6-10-13;1-6-4-3-5-7(6)2;;;/h1-5,7-8H,9H2;1-10H;4H,5H2,1-2H3;2*1H;/q-1;;-1;;;+2/p-2. The summed E-state index contributed by atoms with van der Waals surface area (Å²) in [5.41, 5.74) is 11.0. The number of benzene rings is 4. The molecular formula is C33H28Cl2Zr-2. The van der Waals surface area contributed by atoms with Crippen LogP contribution in [0, 0.1) is 12.1 Å². The molecule has 6 rings (SSSR count). The fourth-order valence-electron chi connectivity index (χ4n) is 3.99. The van der Waals surface area contributed by atoms with E-state index in [0.29, 0.717) is 0 Å². The van der Waals surface area contributed by atoms with Gasteiger partial charge in [0.15, 0.2) is 0 Å². The van der Waals surface area contributed by atoms with Crippen LogP contribution in [0.1, 0.15) is 42.5 Å². The second-order valence-electron chi connectivity index (χ2n) is 8.49. The van der Waals surface area contributed by atoms with E-state index in [-0.39, 0.29) is 24.8 Å². The predicted molar refractivity (Wildman–Crippen MR) is 140 cm³/mol. The maximum atomic E-state index is 3.30. The average Bonchev–Trinajstić information content (AvgIpc) is 3.47. The molecule has 0 unspecified atom stereocenters. The van der Waals surface area contributed by atoms with Crippen molar-refractivity contribution in [2.45, 2.75) is 26.7 Å². The van der Waals surface area contributed by atoms with Crippen LogP contribution in [0.4, 0.5) is 0 Å². The second-order valence-corrected chi connectivity index (χ2v) is 9.72. The van der Waals surface area contributed by atoms with Gasteiger partial charge in [0.1, 0.15) is 0 Å². The Hall–Kier alpha value is -2.31. The van der Waals surface area contributed by atoms with Crippen LogP contribution in [0.3, 0.4) is 0 Å². The van der Waals surface area contributed by atoms with Crippen molar-refractivity contribution in [2.75, 3.05) is 0 Å². The van der Waals surface area contributed by atoms with Crippen molar-refractivity contribution in [2.24, 2.45) is 0 Å². The third kappa shape index (κ3) is 7.84. The van der Waals surface area contributed by atoms with Gasteiger partial charge in [0.25, 0.3) is 0 Å². The van der Waals surface area contributed by atoms with E-state index in [4.69, 9.17) is 0 Å². The Morgan fingerprint density at radius 1 is 0.694 bits per heavy atom. The number of hydrogen-bond donors (Lipinski definition) is 0. The van der Waals surface area contributed by atoms with E-state index in [0.717, 1.165) is 12.8 Å². The molecular weight excluding hydrogens is 558 g/mol. The van der Waals surface area contributed by atoms with E-state index in [2.05, 4.69) is 129 Å². The van der Waals surface area contributed by atoms with Crippen LogP contribution in [0.25, 0.3) is 11.1 Å². The molecule has 2 aliphatic rings. The summed E-state index contributed by atoms with van der Waals surface area (Å²) in [6, 6.07) is 39.2. The zero-order valence-electron chi connectivity index (χ0n) is 20.6. The van der Waals surface area contributed by atoms with Crippen LogP contribution in [0.2, 0.25) is 0 Å². The zero-order valence-corrected chi connectivity index (χ0v) is 24.5. The van der Waals surface area contributed by atoms with E-state index in [1.54, 1.807) is 0 Å². The van der Waals surface area contributed by atoms with Crippen molar-refractivity contribution in [3.8, 4) is 11.1 Å². The molecule has 0 radical (unpaired) electrons. The second kappa shape index (κ2) is 15.1. The van der Waals surface area contributed by atoms with Gasteiger partial charge in [-0.3, -0.25) is 6.08 Å². The van der Waals surface area contributed by atoms with Gasteiger partial charge in [0.05, 0.1) is 0 Å². The molecule has 0 nitrogen and oxygen atoms in total. The third-order valence-electron chi connectivity index (χ3n) is 6.10. The van der Waals surface area contributed by atoms with E-state index < -0.39 is 0 Å². The SMILES string of the molecule is CC1=C(C)C[C-]=C1.[Cl-].[Cl-].[Zr+2]=[C](c1ccccc1)c1ccccc1.[c-]1cccc2c1Cc1ccccc1-2. The summed E-state index contributed by atoms with van der Waals surface area (Å²) in [5.74, 6) is 0. The van der Waals surface area contributed by atoms with Gasteiger partial charge < -0.3 is 24.8 Å². The van der Waals surface area contributed by atoms with Crippen LogP contribution in [0.15, 0.2) is 120 Å². The van der Waals surface area contributed by atoms with Crippen molar-refractivity contribution < 1.29 is 49.0 Å². The molecule has 0 amide bonds. The number of allylic oxidation sites excluding steroid dienone is 4. The van der Waals surface area contributed by atoms with Gasteiger partial charge in [-0.05, 0) is 6.42 Å². The number of hydrogen-bond acceptors (Lipinski definition) is 0. The average molecular weight is 587 g/mol. The van der Waals surface area contributed by atoms with Gasteiger partial charge >= 0.3 is 99.2 Å². The molecule has 0 fully saturated rings. The third-order valence-corrected chi connectivity index (χ3v) is 7.52. The summed E-state index contributed by atoms with van der Waals surface area (Å²) in [4.78, 5) is 0. The molecule has 4 aromatic carbocycles. The topological polar surface area (TPSA) is 0 Å². The molecule has 0 atom stereocenters. The Labute approximate surface area is 243 Å². The van der Waals surface area contributed by atoms with Crippen LogP contribution in [0.5, 0.6) is 0 Å². The van der Waals surface area contributed by atoms with Crippen molar-refractivity contribution in [1.29, 1.82) is 0 Å². The van der Waals surface area contributed by atoms with E-state index in [1.807, 2.05) is 6.07 Å².